The molecule has 0 saturated heterocycles. The molecule has 2 aromatic rings. The van der Waals surface area contributed by atoms with Gasteiger partial charge >= 0.3 is 0 Å². The predicted molar refractivity (Wildman–Crippen MR) is 107 cm³/mol. The van der Waals surface area contributed by atoms with Gasteiger partial charge in [0.15, 0.2) is 5.13 Å². The molecule has 3 rings (SSSR count). The van der Waals surface area contributed by atoms with Crippen LogP contribution in [0.25, 0.3) is 11.3 Å². The number of non-ortho nitro benzene ring substituents is 1. The zero-order valence-corrected chi connectivity index (χ0v) is 16.0. The summed E-state index contributed by atoms with van der Waals surface area (Å²) in [5.74, 6) is 0.799. The van der Waals surface area contributed by atoms with Gasteiger partial charge in [-0.3, -0.25) is 14.9 Å². The van der Waals surface area contributed by atoms with Gasteiger partial charge in [0.05, 0.1) is 10.6 Å². The van der Waals surface area contributed by atoms with Crippen molar-refractivity contribution in [3.05, 3.63) is 39.8 Å². The highest BCUT2D eigenvalue weighted by Crippen LogP contribution is 2.29. The van der Waals surface area contributed by atoms with E-state index in [0.717, 1.165) is 5.75 Å². The van der Waals surface area contributed by atoms with Crippen molar-refractivity contribution in [2.24, 2.45) is 0 Å². The standard InChI is InChI=1S/C18H21N3O3S2/c22-17(9-10-25-15-7-2-1-3-8-15)20-18-19-16(12-26-18)13-5-4-6-14(11-13)21(23)24/h4-6,11-12,15H,1-3,7-10H2,(H,19,20,22). The van der Waals surface area contributed by atoms with Crippen LogP contribution in [0.15, 0.2) is 29.6 Å². The summed E-state index contributed by atoms with van der Waals surface area (Å²) in [4.78, 5) is 26.9. The lowest BCUT2D eigenvalue weighted by atomic mass is 10.0. The Bertz CT molecular complexity index is 773. The Labute approximate surface area is 160 Å². The second-order valence-electron chi connectivity index (χ2n) is 6.27. The van der Waals surface area contributed by atoms with Gasteiger partial charge in [-0.1, -0.05) is 31.4 Å². The Hall–Kier alpha value is -1.93. The van der Waals surface area contributed by atoms with Gasteiger partial charge in [0.1, 0.15) is 0 Å². The van der Waals surface area contributed by atoms with Gasteiger partial charge in [0.25, 0.3) is 5.69 Å². The van der Waals surface area contributed by atoms with Gasteiger partial charge in [0.2, 0.25) is 5.91 Å². The van der Waals surface area contributed by atoms with E-state index in [1.807, 2.05) is 11.8 Å². The van der Waals surface area contributed by atoms with E-state index in [0.29, 0.717) is 28.1 Å². The Balaban J connectivity index is 1.50. The third-order valence-electron chi connectivity index (χ3n) is 4.34. The highest BCUT2D eigenvalue weighted by atomic mass is 32.2. The molecule has 1 aromatic heterocycles. The van der Waals surface area contributed by atoms with Crippen molar-refractivity contribution < 1.29 is 9.72 Å². The molecule has 0 bridgehead atoms. The van der Waals surface area contributed by atoms with Crippen LogP contribution in [0.4, 0.5) is 10.8 Å². The number of aromatic nitrogens is 1. The number of nitrogens with zero attached hydrogens (tertiary/aromatic N) is 2. The van der Waals surface area contributed by atoms with E-state index in [1.54, 1.807) is 17.5 Å². The number of anilines is 1. The first-order valence-corrected chi connectivity index (χ1v) is 10.7. The fourth-order valence-electron chi connectivity index (χ4n) is 2.97. The summed E-state index contributed by atoms with van der Waals surface area (Å²) in [6.07, 6.45) is 6.98. The van der Waals surface area contributed by atoms with Crippen LogP contribution in [-0.4, -0.2) is 26.8 Å². The van der Waals surface area contributed by atoms with Crippen LogP contribution < -0.4 is 5.32 Å². The first kappa shape index (κ1) is 18.8. The van der Waals surface area contributed by atoms with E-state index < -0.39 is 4.92 Å². The first-order valence-electron chi connectivity index (χ1n) is 8.73. The summed E-state index contributed by atoms with van der Waals surface area (Å²) < 4.78 is 0. The number of amides is 1. The fourth-order valence-corrected chi connectivity index (χ4v) is 5.01. The SMILES string of the molecule is O=C(CCSC1CCCCC1)Nc1nc(-c2cccc([N+](=O)[O-])c2)cs1. The van der Waals surface area contributed by atoms with E-state index >= 15 is 0 Å². The predicted octanol–water partition coefficient (Wildman–Crippen LogP) is 5.11. The normalized spacial score (nSPS) is 14.9. The van der Waals surface area contributed by atoms with Crippen LogP contribution >= 0.6 is 23.1 Å². The monoisotopic (exact) mass is 391 g/mol. The summed E-state index contributed by atoms with van der Waals surface area (Å²) >= 11 is 3.23. The minimum Gasteiger partial charge on any atom is -0.302 e. The number of nitrogens with one attached hydrogen (secondary N) is 1. The Morgan fingerprint density at radius 1 is 1.35 bits per heavy atom. The van der Waals surface area contributed by atoms with E-state index in [1.165, 1.54) is 55.6 Å². The molecule has 26 heavy (non-hydrogen) atoms. The van der Waals surface area contributed by atoms with E-state index in [4.69, 9.17) is 0 Å². The fraction of sp³-hybridized carbons (Fsp3) is 0.444. The van der Waals surface area contributed by atoms with Gasteiger partial charge < -0.3 is 5.32 Å². The molecule has 1 aliphatic carbocycles. The maximum Gasteiger partial charge on any atom is 0.270 e. The minimum atomic E-state index is -0.428. The summed E-state index contributed by atoms with van der Waals surface area (Å²) in [7, 11) is 0. The number of hydrogen-bond donors (Lipinski definition) is 1. The highest BCUT2D eigenvalue weighted by Gasteiger charge is 2.15. The molecule has 0 atom stereocenters. The summed E-state index contributed by atoms with van der Waals surface area (Å²) in [6.45, 7) is 0. The molecule has 0 unspecified atom stereocenters. The molecular weight excluding hydrogens is 370 g/mol. The number of carbonyl (C=O) groups excluding carboxylic acids is 1. The molecule has 1 aromatic carbocycles. The number of thiazole rings is 1. The minimum absolute atomic E-state index is 0.0285. The molecule has 1 heterocycles. The number of nitro benzene ring substituents is 1. The molecule has 1 saturated carbocycles. The Kier molecular flexibility index (Phi) is 6.62. The third kappa shape index (κ3) is 5.28. The van der Waals surface area contributed by atoms with Crippen molar-refractivity contribution in [3.8, 4) is 11.3 Å². The lowest BCUT2D eigenvalue weighted by molar-refractivity contribution is -0.384. The molecule has 1 N–H and O–H groups in total. The van der Waals surface area contributed by atoms with Gasteiger partial charge in [-0.25, -0.2) is 4.98 Å². The molecule has 1 aliphatic rings. The molecule has 8 heteroatoms. The van der Waals surface area contributed by atoms with E-state index in [-0.39, 0.29) is 11.6 Å². The number of rotatable bonds is 7. The van der Waals surface area contributed by atoms with Crippen LogP contribution in [0.3, 0.4) is 0 Å². The quantitative estimate of drug-likeness (QED) is 0.523. The van der Waals surface area contributed by atoms with Crippen molar-refractivity contribution in [2.75, 3.05) is 11.1 Å². The van der Waals surface area contributed by atoms with Crippen molar-refractivity contribution in [1.82, 2.24) is 4.98 Å². The maximum absolute atomic E-state index is 12.1. The molecule has 138 valence electrons. The smallest absolute Gasteiger partial charge is 0.270 e. The van der Waals surface area contributed by atoms with Crippen LogP contribution in [-0.2, 0) is 4.79 Å². The molecule has 0 aliphatic heterocycles. The van der Waals surface area contributed by atoms with Crippen molar-refractivity contribution in [1.29, 1.82) is 0 Å². The number of carbonyl (C=O) groups is 1. The van der Waals surface area contributed by atoms with Gasteiger partial charge in [-0.15, -0.1) is 11.3 Å². The molecule has 0 spiro atoms. The lowest BCUT2D eigenvalue weighted by Crippen LogP contribution is -2.14. The average Bonchev–Trinajstić information content (AvgIpc) is 3.11. The van der Waals surface area contributed by atoms with E-state index in [9.17, 15) is 14.9 Å². The van der Waals surface area contributed by atoms with Crippen LogP contribution in [0.2, 0.25) is 0 Å². The third-order valence-corrected chi connectivity index (χ3v) is 6.48. The Morgan fingerprint density at radius 3 is 2.92 bits per heavy atom. The summed E-state index contributed by atoms with van der Waals surface area (Å²) in [6, 6.07) is 6.34. The molecule has 1 fully saturated rings. The number of thioether (sulfide) groups is 1. The molecule has 6 nitrogen and oxygen atoms in total. The van der Waals surface area contributed by atoms with Crippen molar-refractivity contribution >= 4 is 39.8 Å². The summed E-state index contributed by atoms with van der Waals surface area (Å²) in [5, 5.41) is 16.7. The number of hydrogen-bond acceptors (Lipinski definition) is 6. The summed E-state index contributed by atoms with van der Waals surface area (Å²) in [5.41, 5.74) is 1.33. The van der Waals surface area contributed by atoms with Crippen LogP contribution in [0.5, 0.6) is 0 Å². The van der Waals surface area contributed by atoms with Crippen LogP contribution in [0, 0.1) is 10.1 Å². The zero-order valence-electron chi connectivity index (χ0n) is 14.3. The van der Waals surface area contributed by atoms with Crippen molar-refractivity contribution in [2.45, 2.75) is 43.8 Å². The van der Waals surface area contributed by atoms with Gasteiger partial charge in [-0.2, -0.15) is 11.8 Å². The van der Waals surface area contributed by atoms with Gasteiger partial charge in [-0.05, 0) is 12.8 Å². The number of benzene rings is 1. The zero-order chi connectivity index (χ0) is 18.4. The maximum atomic E-state index is 12.1. The topological polar surface area (TPSA) is 85.1 Å². The Morgan fingerprint density at radius 2 is 2.15 bits per heavy atom. The second kappa shape index (κ2) is 9.14. The second-order valence-corrected chi connectivity index (χ2v) is 8.54. The lowest BCUT2D eigenvalue weighted by Gasteiger charge is -2.20. The molecular formula is C18H21N3O3S2. The average molecular weight is 392 g/mol. The molecule has 0 radical (unpaired) electrons. The first-order chi connectivity index (χ1) is 12.6. The van der Waals surface area contributed by atoms with Gasteiger partial charge in [0, 0.05) is 40.5 Å². The largest absolute Gasteiger partial charge is 0.302 e. The van der Waals surface area contributed by atoms with Crippen molar-refractivity contribution in [3.63, 3.8) is 0 Å². The van der Waals surface area contributed by atoms with Crippen LogP contribution in [0.1, 0.15) is 38.5 Å². The number of nitro groups is 1. The molecule has 1 amide bonds. The highest BCUT2D eigenvalue weighted by molar-refractivity contribution is 7.99. The van der Waals surface area contributed by atoms with E-state index in [2.05, 4.69) is 10.3 Å².